The van der Waals surface area contributed by atoms with Gasteiger partial charge in [-0.05, 0) is 6.42 Å². The topological polar surface area (TPSA) is 50.2 Å². The molecule has 1 rings (SSSR count). The first-order chi connectivity index (χ1) is 6.36. The van der Waals surface area contributed by atoms with Crippen LogP contribution in [0.5, 0.6) is 0 Å². The average Bonchev–Trinajstić information content (AvgIpc) is 2.45. The normalized spacial score (nSPS) is 11.7. The fourth-order valence-corrected chi connectivity index (χ4v) is 2.13. The van der Waals surface area contributed by atoms with Crippen molar-refractivity contribution in [3.05, 3.63) is 15.6 Å². The number of aromatic carboxylic acids is 1. The standard InChI is InChI=1S/C10H15NO2S/c1-5-6-7(8(12)13)14-9(11-6)10(2,3)4/h5H2,1-4H3,(H,12,13). The fourth-order valence-electron chi connectivity index (χ4n) is 1.08. The van der Waals surface area contributed by atoms with E-state index in [1.54, 1.807) is 0 Å². The van der Waals surface area contributed by atoms with Crippen LogP contribution in [0.4, 0.5) is 0 Å². The van der Waals surface area contributed by atoms with Gasteiger partial charge < -0.3 is 5.11 Å². The second kappa shape index (κ2) is 3.69. The Kier molecular flexibility index (Phi) is 2.95. The maximum Gasteiger partial charge on any atom is 0.347 e. The summed E-state index contributed by atoms with van der Waals surface area (Å²) in [6.07, 6.45) is 0.675. The lowest BCUT2D eigenvalue weighted by Crippen LogP contribution is -2.10. The van der Waals surface area contributed by atoms with Crippen LogP contribution in [0, 0.1) is 0 Å². The van der Waals surface area contributed by atoms with E-state index in [0.717, 1.165) is 5.01 Å². The summed E-state index contributed by atoms with van der Waals surface area (Å²) in [5, 5.41) is 9.84. The van der Waals surface area contributed by atoms with E-state index in [1.807, 2.05) is 27.7 Å². The highest BCUT2D eigenvalue weighted by molar-refractivity contribution is 7.13. The molecule has 1 aromatic heterocycles. The quantitative estimate of drug-likeness (QED) is 0.821. The second-order valence-corrected chi connectivity index (χ2v) is 5.20. The van der Waals surface area contributed by atoms with Crippen molar-refractivity contribution in [2.75, 3.05) is 0 Å². The number of carboxylic acid groups (broad SMARTS) is 1. The van der Waals surface area contributed by atoms with Gasteiger partial charge in [0.25, 0.3) is 0 Å². The Morgan fingerprint density at radius 1 is 1.50 bits per heavy atom. The molecule has 0 spiro atoms. The minimum atomic E-state index is -0.866. The van der Waals surface area contributed by atoms with Crippen molar-refractivity contribution in [1.29, 1.82) is 0 Å². The zero-order valence-corrected chi connectivity index (χ0v) is 9.73. The van der Waals surface area contributed by atoms with Crippen LogP contribution in [-0.4, -0.2) is 16.1 Å². The van der Waals surface area contributed by atoms with E-state index in [9.17, 15) is 4.79 Å². The fraction of sp³-hybridized carbons (Fsp3) is 0.600. The molecule has 14 heavy (non-hydrogen) atoms. The molecule has 1 aromatic rings. The van der Waals surface area contributed by atoms with Crippen LogP contribution in [0.25, 0.3) is 0 Å². The van der Waals surface area contributed by atoms with Gasteiger partial charge in [0, 0.05) is 5.41 Å². The van der Waals surface area contributed by atoms with Crippen LogP contribution in [0.1, 0.15) is 48.1 Å². The van der Waals surface area contributed by atoms with Gasteiger partial charge in [0.05, 0.1) is 10.7 Å². The molecule has 1 N–H and O–H groups in total. The molecule has 0 aliphatic carbocycles. The molecule has 0 atom stereocenters. The first-order valence-corrected chi connectivity index (χ1v) is 5.41. The molecule has 0 radical (unpaired) electrons. The van der Waals surface area contributed by atoms with Gasteiger partial charge in [-0.15, -0.1) is 11.3 Å². The minimum Gasteiger partial charge on any atom is -0.477 e. The van der Waals surface area contributed by atoms with Crippen molar-refractivity contribution in [3.63, 3.8) is 0 Å². The van der Waals surface area contributed by atoms with Crippen LogP contribution >= 0.6 is 11.3 Å². The van der Waals surface area contributed by atoms with E-state index in [0.29, 0.717) is 17.0 Å². The first-order valence-electron chi connectivity index (χ1n) is 4.59. The van der Waals surface area contributed by atoms with Crippen molar-refractivity contribution in [3.8, 4) is 0 Å². The van der Waals surface area contributed by atoms with Gasteiger partial charge in [-0.2, -0.15) is 0 Å². The number of carboxylic acids is 1. The largest absolute Gasteiger partial charge is 0.477 e. The molecule has 0 fully saturated rings. The highest BCUT2D eigenvalue weighted by Gasteiger charge is 2.23. The molecule has 0 aliphatic heterocycles. The molecule has 0 saturated carbocycles. The molecular formula is C10H15NO2S. The van der Waals surface area contributed by atoms with E-state index in [1.165, 1.54) is 11.3 Å². The van der Waals surface area contributed by atoms with Crippen LogP contribution in [-0.2, 0) is 11.8 Å². The molecule has 0 saturated heterocycles. The molecule has 78 valence electrons. The van der Waals surface area contributed by atoms with Gasteiger partial charge in [-0.1, -0.05) is 27.7 Å². The zero-order valence-electron chi connectivity index (χ0n) is 8.92. The van der Waals surface area contributed by atoms with Crippen LogP contribution < -0.4 is 0 Å². The smallest absolute Gasteiger partial charge is 0.347 e. The number of aryl methyl sites for hydroxylation is 1. The lowest BCUT2D eigenvalue weighted by atomic mass is 9.98. The van der Waals surface area contributed by atoms with Gasteiger partial charge >= 0.3 is 5.97 Å². The SMILES string of the molecule is CCc1nc(C(C)(C)C)sc1C(=O)O. The highest BCUT2D eigenvalue weighted by atomic mass is 32.1. The van der Waals surface area contributed by atoms with Crippen LogP contribution in [0.15, 0.2) is 0 Å². The van der Waals surface area contributed by atoms with Gasteiger partial charge in [-0.25, -0.2) is 9.78 Å². The summed E-state index contributed by atoms with van der Waals surface area (Å²) in [4.78, 5) is 15.6. The Labute approximate surface area is 87.8 Å². The molecule has 0 bridgehead atoms. The molecule has 0 aliphatic rings. The number of hydrogen-bond donors (Lipinski definition) is 1. The Bertz CT molecular complexity index is 349. The molecule has 0 aromatic carbocycles. The number of rotatable bonds is 2. The van der Waals surface area contributed by atoms with E-state index in [2.05, 4.69) is 4.98 Å². The second-order valence-electron chi connectivity index (χ2n) is 4.20. The summed E-state index contributed by atoms with van der Waals surface area (Å²) in [7, 11) is 0. The summed E-state index contributed by atoms with van der Waals surface area (Å²) < 4.78 is 0. The van der Waals surface area contributed by atoms with E-state index >= 15 is 0 Å². The summed E-state index contributed by atoms with van der Waals surface area (Å²) in [5.41, 5.74) is 0.634. The molecule has 3 nitrogen and oxygen atoms in total. The van der Waals surface area contributed by atoms with Gasteiger partial charge in [0.2, 0.25) is 0 Å². The van der Waals surface area contributed by atoms with Crippen molar-refractivity contribution in [2.24, 2.45) is 0 Å². The lowest BCUT2D eigenvalue weighted by Gasteiger charge is -2.13. The summed E-state index contributed by atoms with van der Waals surface area (Å²) in [6, 6.07) is 0. The lowest BCUT2D eigenvalue weighted by molar-refractivity contribution is 0.0701. The monoisotopic (exact) mass is 213 g/mol. The van der Waals surface area contributed by atoms with E-state index in [-0.39, 0.29) is 5.41 Å². The Hall–Kier alpha value is -0.900. The van der Waals surface area contributed by atoms with Crippen LogP contribution in [0.3, 0.4) is 0 Å². The van der Waals surface area contributed by atoms with E-state index in [4.69, 9.17) is 5.11 Å². The Morgan fingerprint density at radius 2 is 2.07 bits per heavy atom. The number of nitrogens with zero attached hydrogens (tertiary/aromatic N) is 1. The zero-order chi connectivity index (χ0) is 10.9. The average molecular weight is 213 g/mol. The number of carbonyl (C=O) groups is 1. The summed E-state index contributed by atoms with van der Waals surface area (Å²) >= 11 is 1.29. The number of thiazole rings is 1. The van der Waals surface area contributed by atoms with Gasteiger partial charge in [-0.3, -0.25) is 0 Å². The molecular weight excluding hydrogens is 198 g/mol. The predicted molar refractivity (Wildman–Crippen MR) is 57.2 cm³/mol. The number of hydrogen-bond acceptors (Lipinski definition) is 3. The van der Waals surface area contributed by atoms with Crippen molar-refractivity contribution < 1.29 is 9.90 Å². The number of aromatic nitrogens is 1. The predicted octanol–water partition coefficient (Wildman–Crippen LogP) is 2.70. The Balaban J connectivity index is 3.20. The third-order valence-electron chi connectivity index (χ3n) is 1.87. The summed E-state index contributed by atoms with van der Waals surface area (Å²) in [5.74, 6) is -0.866. The summed E-state index contributed by atoms with van der Waals surface area (Å²) in [6.45, 7) is 8.04. The third kappa shape index (κ3) is 2.12. The maximum absolute atomic E-state index is 10.9. The van der Waals surface area contributed by atoms with Gasteiger partial charge in [0.15, 0.2) is 0 Å². The molecule has 0 unspecified atom stereocenters. The van der Waals surface area contributed by atoms with Crippen molar-refractivity contribution in [2.45, 2.75) is 39.5 Å². The van der Waals surface area contributed by atoms with Gasteiger partial charge in [0.1, 0.15) is 4.88 Å². The third-order valence-corrected chi connectivity index (χ3v) is 3.38. The van der Waals surface area contributed by atoms with E-state index < -0.39 is 5.97 Å². The maximum atomic E-state index is 10.9. The molecule has 4 heteroatoms. The minimum absolute atomic E-state index is 0.0672. The van der Waals surface area contributed by atoms with Crippen molar-refractivity contribution in [1.82, 2.24) is 4.98 Å². The molecule has 0 amide bonds. The molecule has 1 heterocycles. The van der Waals surface area contributed by atoms with Crippen molar-refractivity contribution >= 4 is 17.3 Å². The highest BCUT2D eigenvalue weighted by Crippen LogP contribution is 2.29. The van der Waals surface area contributed by atoms with Crippen LogP contribution in [0.2, 0.25) is 0 Å². The Morgan fingerprint density at radius 3 is 2.36 bits per heavy atom. The first kappa shape index (κ1) is 11.2.